The highest BCUT2D eigenvalue weighted by Crippen LogP contribution is 2.29. The van der Waals surface area contributed by atoms with E-state index in [1.165, 1.54) is 0 Å². The highest BCUT2D eigenvalue weighted by Gasteiger charge is 2.25. The number of halogens is 1. The molecule has 1 N–H and O–H groups in total. The summed E-state index contributed by atoms with van der Waals surface area (Å²) in [6.45, 7) is 4.93. The van der Waals surface area contributed by atoms with E-state index in [4.69, 9.17) is 16.3 Å². The Morgan fingerprint density at radius 1 is 1.44 bits per heavy atom. The first-order valence-corrected chi connectivity index (χ1v) is 7.11. The number of ether oxygens (including phenoxy) is 1. The molecule has 1 atom stereocenters. The van der Waals surface area contributed by atoms with Crippen LogP contribution in [0, 0.1) is 5.92 Å². The van der Waals surface area contributed by atoms with Gasteiger partial charge in [-0.05, 0) is 43.9 Å². The molecule has 1 aromatic heterocycles. The summed E-state index contributed by atoms with van der Waals surface area (Å²) < 4.78 is 5.44. The van der Waals surface area contributed by atoms with Gasteiger partial charge >= 0.3 is 0 Å². The molecule has 4 heteroatoms. The van der Waals surface area contributed by atoms with Gasteiger partial charge in [0.05, 0.1) is 16.8 Å². The second kappa shape index (κ2) is 7.07. The van der Waals surface area contributed by atoms with Crippen LogP contribution in [0.5, 0.6) is 0 Å². The SMILES string of the molecule is CCCNC(c1ccc(Cl)cn1)C1CCOCC1. The van der Waals surface area contributed by atoms with E-state index in [1.807, 2.05) is 12.1 Å². The van der Waals surface area contributed by atoms with E-state index in [1.54, 1.807) is 6.20 Å². The first-order chi connectivity index (χ1) is 8.81. The minimum Gasteiger partial charge on any atom is -0.381 e. The van der Waals surface area contributed by atoms with E-state index in [-0.39, 0.29) is 0 Å². The summed E-state index contributed by atoms with van der Waals surface area (Å²) in [5.41, 5.74) is 1.10. The Hall–Kier alpha value is -0.640. The van der Waals surface area contributed by atoms with Crippen LogP contribution in [0.1, 0.15) is 37.9 Å². The van der Waals surface area contributed by atoms with Gasteiger partial charge in [-0.25, -0.2) is 0 Å². The molecule has 1 aliphatic heterocycles. The van der Waals surface area contributed by atoms with Gasteiger partial charge in [-0.2, -0.15) is 0 Å². The first-order valence-electron chi connectivity index (χ1n) is 6.74. The first kappa shape index (κ1) is 13.8. The van der Waals surface area contributed by atoms with Crippen LogP contribution in [-0.2, 0) is 4.74 Å². The van der Waals surface area contributed by atoms with Crippen molar-refractivity contribution in [2.24, 2.45) is 5.92 Å². The summed E-state index contributed by atoms with van der Waals surface area (Å²) in [7, 11) is 0. The molecular weight excluding hydrogens is 248 g/mol. The number of pyridine rings is 1. The normalized spacial score (nSPS) is 18.8. The second-order valence-electron chi connectivity index (χ2n) is 4.78. The topological polar surface area (TPSA) is 34.2 Å². The van der Waals surface area contributed by atoms with Crippen LogP contribution >= 0.6 is 11.6 Å². The summed E-state index contributed by atoms with van der Waals surface area (Å²) in [5, 5.41) is 4.31. The zero-order valence-corrected chi connectivity index (χ0v) is 11.6. The van der Waals surface area contributed by atoms with Crippen LogP contribution in [0.25, 0.3) is 0 Å². The van der Waals surface area contributed by atoms with E-state index in [0.717, 1.165) is 44.7 Å². The molecule has 1 aliphatic rings. The van der Waals surface area contributed by atoms with Crippen molar-refractivity contribution in [1.29, 1.82) is 0 Å². The number of rotatable bonds is 5. The number of nitrogens with zero attached hydrogens (tertiary/aromatic N) is 1. The van der Waals surface area contributed by atoms with Gasteiger partial charge in [-0.15, -0.1) is 0 Å². The standard InChI is InChI=1S/C14H21ClN2O/c1-2-7-16-14(11-5-8-18-9-6-11)13-4-3-12(15)10-17-13/h3-4,10-11,14,16H,2,5-9H2,1H3. The summed E-state index contributed by atoms with van der Waals surface area (Å²) >= 11 is 5.90. The molecule has 0 radical (unpaired) electrons. The fourth-order valence-corrected chi connectivity index (χ4v) is 2.54. The third kappa shape index (κ3) is 3.67. The zero-order valence-electron chi connectivity index (χ0n) is 10.9. The lowest BCUT2D eigenvalue weighted by atomic mass is 9.89. The summed E-state index contributed by atoms with van der Waals surface area (Å²) in [4.78, 5) is 4.47. The highest BCUT2D eigenvalue weighted by atomic mass is 35.5. The molecule has 0 amide bonds. The van der Waals surface area contributed by atoms with E-state index >= 15 is 0 Å². The molecule has 0 spiro atoms. The molecule has 0 bridgehead atoms. The van der Waals surface area contributed by atoms with Crippen molar-refractivity contribution in [3.8, 4) is 0 Å². The summed E-state index contributed by atoms with van der Waals surface area (Å²) in [5.74, 6) is 0.610. The van der Waals surface area contributed by atoms with Gasteiger partial charge < -0.3 is 10.1 Å². The molecule has 1 fully saturated rings. The van der Waals surface area contributed by atoms with Crippen molar-refractivity contribution in [2.75, 3.05) is 19.8 Å². The molecule has 2 rings (SSSR count). The minimum absolute atomic E-state index is 0.325. The third-order valence-electron chi connectivity index (χ3n) is 3.42. The lowest BCUT2D eigenvalue weighted by molar-refractivity contribution is 0.0531. The lowest BCUT2D eigenvalue weighted by Crippen LogP contribution is -2.33. The van der Waals surface area contributed by atoms with Gasteiger partial charge in [0.1, 0.15) is 0 Å². The van der Waals surface area contributed by atoms with Gasteiger partial charge in [-0.1, -0.05) is 18.5 Å². The largest absolute Gasteiger partial charge is 0.381 e. The zero-order chi connectivity index (χ0) is 12.8. The Morgan fingerprint density at radius 3 is 2.83 bits per heavy atom. The molecule has 0 aliphatic carbocycles. The van der Waals surface area contributed by atoms with Gasteiger partial charge in [0, 0.05) is 19.4 Å². The molecule has 1 unspecified atom stereocenters. The quantitative estimate of drug-likeness (QED) is 0.891. The van der Waals surface area contributed by atoms with Crippen LogP contribution in [0.15, 0.2) is 18.3 Å². The van der Waals surface area contributed by atoms with Crippen molar-refractivity contribution < 1.29 is 4.74 Å². The Bertz CT molecular complexity index is 349. The highest BCUT2D eigenvalue weighted by molar-refractivity contribution is 6.30. The van der Waals surface area contributed by atoms with Gasteiger partial charge in [-0.3, -0.25) is 4.98 Å². The van der Waals surface area contributed by atoms with E-state index in [9.17, 15) is 0 Å². The Labute approximate surface area is 114 Å². The number of aromatic nitrogens is 1. The van der Waals surface area contributed by atoms with E-state index in [0.29, 0.717) is 17.0 Å². The fraction of sp³-hybridized carbons (Fsp3) is 0.643. The predicted molar refractivity (Wildman–Crippen MR) is 73.8 cm³/mol. The van der Waals surface area contributed by atoms with Gasteiger partial charge in [0.15, 0.2) is 0 Å². The predicted octanol–water partition coefficient (Wildman–Crippen LogP) is 3.20. The maximum absolute atomic E-state index is 5.90. The number of hydrogen-bond donors (Lipinski definition) is 1. The molecule has 1 saturated heterocycles. The second-order valence-corrected chi connectivity index (χ2v) is 5.22. The minimum atomic E-state index is 0.325. The average Bonchev–Trinajstić information content (AvgIpc) is 2.42. The Balaban J connectivity index is 2.10. The van der Waals surface area contributed by atoms with Crippen molar-refractivity contribution in [3.63, 3.8) is 0 Å². The molecule has 2 heterocycles. The summed E-state index contributed by atoms with van der Waals surface area (Å²) in [6.07, 6.45) is 5.07. The lowest BCUT2D eigenvalue weighted by Gasteiger charge is -2.30. The van der Waals surface area contributed by atoms with Crippen LogP contribution in [0.3, 0.4) is 0 Å². The molecule has 0 aromatic carbocycles. The van der Waals surface area contributed by atoms with Crippen LogP contribution < -0.4 is 5.32 Å². The van der Waals surface area contributed by atoms with E-state index in [2.05, 4.69) is 17.2 Å². The molecule has 18 heavy (non-hydrogen) atoms. The monoisotopic (exact) mass is 268 g/mol. The van der Waals surface area contributed by atoms with Crippen LogP contribution in [-0.4, -0.2) is 24.7 Å². The molecule has 0 saturated carbocycles. The maximum atomic E-state index is 5.90. The fourth-order valence-electron chi connectivity index (χ4n) is 2.43. The number of nitrogens with one attached hydrogen (secondary N) is 1. The van der Waals surface area contributed by atoms with Crippen molar-refractivity contribution in [2.45, 2.75) is 32.2 Å². The smallest absolute Gasteiger partial charge is 0.0589 e. The van der Waals surface area contributed by atoms with Crippen molar-refractivity contribution in [1.82, 2.24) is 10.3 Å². The Morgan fingerprint density at radius 2 is 2.22 bits per heavy atom. The number of hydrogen-bond acceptors (Lipinski definition) is 3. The molecule has 100 valence electrons. The van der Waals surface area contributed by atoms with Crippen molar-refractivity contribution in [3.05, 3.63) is 29.0 Å². The van der Waals surface area contributed by atoms with Gasteiger partial charge in [0.25, 0.3) is 0 Å². The van der Waals surface area contributed by atoms with Gasteiger partial charge in [0.2, 0.25) is 0 Å². The molecular formula is C14H21ClN2O. The maximum Gasteiger partial charge on any atom is 0.0589 e. The van der Waals surface area contributed by atoms with E-state index < -0.39 is 0 Å². The van der Waals surface area contributed by atoms with Crippen LogP contribution in [0.4, 0.5) is 0 Å². The van der Waals surface area contributed by atoms with Crippen molar-refractivity contribution >= 4 is 11.6 Å². The Kier molecular flexibility index (Phi) is 5.42. The average molecular weight is 269 g/mol. The summed E-state index contributed by atoms with van der Waals surface area (Å²) in [6, 6.07) is 4.28. The molecule has 1 aromatic rings. The third-order valence-corrected chi connectivity index (χ3v) is 3.64. The molecule has 3 nitrogen and oxygen atoms in total. The van der Waals surface area contributed by atoms with Crippen LogP contribution in [0.2, 0.25) is 5.02 Å².